The van der Waals surface area contributed by atoms with E-state index in [4.69, 9.17) is 22.1 Å². The first kappa shape index (κ1) is 20.0. The lowest BCUT2D eigenvalue weighted by molar-refractivity contribution is -0.122. The molecule has 29 heavy (non-hydrogen) atoms. The van der Waals surface area contributed by atoms with Crippen LogP contribution in [0.1, 0.15) is 15.9 Å². The number of carbonyl (C=O) groups excluding carboxylic acids is 2. The maximum Gasteiger partial charge on any atom is 0.335 e. The van der Waals surface area contributed by atoms with E-state index in [1.807, 2.05) is 12.1 Å². The van der Waals surface area contributed by atoms with E-state index in [-0.39, 0.29) is 16.2 Å². The summed E-state index contributed by atoms with van der Waals surface area (Å²) in [5.41, 5.74) is 1.20. The van der Waals surface area contributed by atoms with Crippen LogP contribution in [0.15, 0.2) is 66.3 Å². The number of methoxy groups -OCH3 is 1. The molecule has 0 radical (unpaired) electrons. The first-order valence-electron chi connectivity index (χ1n) is 8.46. The van der Waals surface area contributed by atoms with E-state index in [0.29, 0.717) is 5.69 Å². The molecule has 2 aromatic carbocycles. The number of aromatic carboxylic acids is 1. The molecule has 3 rings (SSSR count). The van der Waals surface area contributed by atoms with E-state index < -0.39 is 17.8 Å². The van der Waals surface area contributed by atoms with Gasteiger partial charge in [0.1, 0.15) is 11.3 Å². The number of nitrogens with one attached hydrogen (secondary N) is 1. The lowest BCUT2D eigenvalue weighted by atomic mass is 10.1. The molecule has 8 heteroatoms. The molecule has 0 bridgehead atoms. The van der Waals surface area contributed by atoms with E-state index >= 15 is 0 Å². The van der Waals surface area contributed by atoms with Gasteiger partial charge in [-0.15, -0.1) is 0 Å². The first-order valence-corrected chi connectivity index (χ1v) is 8.87. The minimum atomic E-state index is -1.08. The smallest absolute Gasteiger partial charge is 0.335 e. The molecule has 0 atom stereocenters. The molecule has 1 saturated heterocycles. The van der Waals surface area contributed by atoms with Crippen LogP contribution in [-0.4, -0.2) is 35.1 Å². The fourth-order valence-corrected chi connectivity index (χ4v) is 2.92. The minimum Gasteiger partial charge on any atom is -0.497 e. The summed E-state index contributed by atoms with van der Waals surface area (Å²) in [6.45, 7) is 0. The van der Waals surface area contributed by atoms with Gasteiger partial charge >= 0.3 is 5.97 Å². The lowest BCUT2D eigenvalue weighted by Crippen LogP contribution is -2.54. The molecule has 1 fully saturated rings. The third kappa shape index (κ3) is 4.39. The van der Waals surface area contributed by atoms with Crippen molar-refractivity contribution in [3.63, 3.8) is 0 Å². The Morgan fingerprint density at radius 2 is 1.76 bits per heavy atom. The molecule has 0 aromatic heterocycles. The maximum absolute atomic E-state index is 12.8. The summed E-state index contributed by atoms with van der Waals surface area (Å²) in [6, 6.07) is 12.9. The zero-order valence-electron chi connectivity index (χ0n) is 15.3. The van der Waals surface area contributed by atoms with Gasteiger partial charge in [-0.2, -0.15) is 0 Å². The molecule has 0 unspecified atom stereocenters. The first-order chi connectivity index (χ1) is 13.9. The van der Waals surface area contributed by atoms with Crippen LogP contribution < -0.4 is 15.0 Å². The summed E-state index contributed by atoms with van der Waals surface area (Å²) in [4.78, 5) is 37.2. The van der Waals surface area contributed by atoms with Crippen molar-refractivity contribution in [3.05, 3.63) is 77.4 Å². The second-order valence-electron chi connectivity index (χ2n) is 5.96. The molecule has 1 aliphatic heterocycles. The quantitative estimate of drug-likeness (QED) is 0.449. The zero-order chi connectivity index (χ0) is 21.0. The molecule has 1 aliphatic rings. The molecule has 0 aliphatic carbocycles. The summed E-state index contributed by atoms with van der Waals surface area (Å²) < 4.78 is 5.10. The van der Waals surface area contributed by atoms with Gasteiger partial charge in [0.15, 0.2) is 5.11 Å². The number of carboxylic acid groups (broad SMARTS) is 1. The van der Waals surface area contributed by atoms with Crippen LogP contribution in [0.2, 0.25) is 0 Å². The number of hydrogen-bond acceptors (Lipinski definition) is 5. The molecular formula is C21H16N2O5S. The van der Waals surface area contributed by atoms with Gasteiger partial charge in [0.25, 0.3) is 11.8 Å². The SMILES string of the molecule is COc1ccc(/C=C/C=C2/C(=O)NC(=S)N(c3ccc(C(=O)O)cc3)C2=O)cc1. The van der Waals surface area contributed by atoms with Crippen molar-refractivity contribution >= 4 is 46.9 Å². The van der Waals surface area contributed by atoms with Gasteiger partial charge in [0.05, 0.1) is 18.4 Å². The Labute approximate surface area is 171 Å². The Bertz CT molecular complexity index is 1040. The number of rotatable bonds is 5. The van der Waals surface area contributed by atoms with Gasteiger partial charge in [-0.1, -0.05) is 24.3 Å². The molecule has 2 N–H and O–H groups in total. The number of benzene rings is 2. The van der Waals surface area contributed by atoms with Crippen LogP contribution in [0.3, 0.4) is 0 Å². The lowest BCUT2D eigenvalue weighted by Gasteiger charge is -2.28. The van der Waals surface area contributed by atoms with E-state index in [2.05, 4.69) is 5.32 Å². The fraction of sp³-hybridized carbons (Fsp3) is 0.0476. The van der Waals surface area contributed by atoms with E-state index in [1.54, 1.807) is 31.4 Å². The number of carbonyl (C=O) groups is 3. The largest absolute Gasteiger partial charge is 0.497 e. The van der Waals surface area contributed by atoms with E-state index in [9.17, 15) is 14.4 Å². The number of anilines is 1. The highest BCUT2D eigenvalue weighted by Crippen LogP contribution is 2.21. The maximum atomic E-state index is 12.8. The number of ether oxygens (including phenoxy) is 1. The predicted octanol–water partition coefficient (Wildman–Crippen LogP) is 2.78. The second-order valence-corrected chi connectivity index (χ2v) is 6.35. The standard InChI is InChI=1S/C21H16N2O5S/c1-28-16-11-5-13(6-12-16)3-2-4-17-18(24)22-21(29)23(19(17)25)15-9-7-14(8-10-15)20(26)27/h2-12H,1H3,(H,26,27)(H,22,24,29)/b3-2+,17-4-. The van der Waals surface area contributed by atoms with Crippen molar-refractivity contribution in [2.24, 2.45) is 0 Å². The van der Waals surface area contributed by atoms with Crippen molar-refractivity contribution in [2.45, 2.75) is 0 Å². The van der Waals surface area contributed by atoms with Crippen LogP contribution in [0.5, 0.6) is 5.75 Å². The highest BCUT2D eigenvalue weighted by Gasteiger charge is 2.34. The summed E-state index contributed by atoms with van der Waals surface area (Å²) >= 11 is 5.11. The van der Waals surface area contributed by atoms with E-state index in [0.717, 1.165) is 16.2 Å². The van der Waals surface area contributed by atoms with Gasteiger partial charge < -0.3 is 9.84 Å². The van der Waals surface area contributed by atoms with Crippen LogP contribution in [0.4, 0.5) is 5.69 Å². The molecule has 2 amide bonds. The number of amides is 2. The van der Waals surface area contributed by atoms with Gasteiger partial charge in [0.2, 0.25) is 0 Å². The minimum absolute atomic E-state index is 0.0700. The number of hydrogen-bond donors (Lipinski definition) is 2. The molecule has 146 valence electrons. The topological polar surface area (TPSA) is 95.9 Å². The Morgan fingerprint density at radius 1 is 1.10 bits per heavy atom. The van der Waals surface area contributed by atoms with Crippen LogP contribution in [0, 0.1) is 0 Å². The summed E-state index contributed by atoms with van der Waals surface area (Å²) in [5.74, 6) is -1.55. The van der Waals surface area contributed by atoms with Crippen molar-refractivity contribution in [1.82, 2.24) is 5.32 Å². The fourth-order valence-electron chi connectivity index (χ4n) is 2.64. The van der Waals surface area contributed by atoms with Gasteiger partial charge in [-0.25, -0.2) is 4.79 Å². The Hall–Kier alpha value is -3.78. The molecule has 0 spiro atoms. The Balaban J connectivity index is 1.84. The summed E-state index contributed by atoms with van der Waals surface area (Å²) in [6.07, 6.45) is 4.74. The molecular weight excluding hydrogens is 392 g/mol. The highest BCUT2D eigenvalue weighted by molar-refractivity contribution is 7.80. The number of thiocarbonyl (C=S) groups is 1. The average molecular weight is 408 g/mol. The third-order valence-electron chi connectivity index (χ3n) is 4.14. The monoisotopic (exact) mass is 408 g/mol. The van der Waals surface area contributed by atoms with Crippen molar-refractivity contribution in [3.8, 4) is 5.75 Å². The highest BCUT2D eigenvalue weighted by atomic mass is 32.1. The number of carboxylic acids is 1. The average Bonchev–Trinajstić information content (AvgIpc) is 2.71. The van der Waals surface area contributed by atoms with Gasteiger partial charge in [0, 0.05) is 0 Å². The Kier molecular flexibility index (Phi) is 5.85. The molecule has 7 nitrogen and oxygen atoms in total. The number of allylic oxidation sites excluding steroid dienone is 2. The van der Waals surface area contributed by atoms with Crippen LogP contribution in [0.25, 0.3) is 6.08 Å². The molecule has 0 saturated carbocycles. The van der Waals surface area contributed by atoms with Gasteiger partial charge in [-0.3, -0.25) is 19.8 Å². The van der Waals surface area contributed by atoms with Gasteiger partial charge in [-0.05, 0) is 60.3 Å². The zero-order valence-corrected chi connectivity index (χ0v) is 16.1. The van der Waals surface area contributed by atoms with Crippen molar-refractivity contribution < 1.29 is 24.2 Å². The Morgan fingerprint density at radius 3 is 2.34 bits per heavy atom. The normalized spacial score (nSPS) is 15.7. The van der Waals surface area contributed by atoms with E-state index in [1.165, 1.54) is 30.3 Å². The molecule has 2 aromatic rings. The third-order valence-corrected chi connectivity index (χ3v) is 4.43. The van der Waals surface area contributed by atoms with Crippen LogP contribution >= 0.6 is 12.2 Å². The van der Waals surface area contributed by atoms with Crippen LogP contribution in [-0.2, 0) is 9.59 Å². The number of nitrogens with zero attached hydrogens (tertiary/aromatic N) is 1. The van der Waals surface area contributed by atoms with Crippen molar-refractivity contribution in [2.75, 3.05) is 12.0 Å². The van der Waals surface area contributed by atoms with Crippen molar-refractivity contribution in [1.29, 1.82) is 0 Å². The predicted molar refractivity (Wildman–Crippen MR) is 112 cm³/mol. The summed E-state index contributed by atoms with van der Waals surface area (Å²) in [5, 5.41) is 11.4. The summed E-state index contributed by atoms with van der Waals surface area (Å²) in [7, 11) is 1.58. The second kappa shape index (κ2) is 8.49. The molecule has 1 heterocycles.